The zero-order valence-corrected chi connectivity index (χ0v) is 11.9. The molecule has 1 aromatic heterocycles. The molecule has 0 bridgehead atoms. The van der Waals surface area contributed by atoms with Gasteiger partial charge in [-0.25, -0.2) is 4.98 Å². The van der Waals surface area contributed by atoms with Crippen molar-refractivity contribution in [2.45, 2.75) is 19.5 Å². The Kier molecular flexibility index (Phi) is 4.29. The summed E-state index contributed by atoms with van der Waals surface area (Å²) in [5, 5.41) is 2.97. The molecule has 2 N–H and O–H groups in total. The third-order valence-electron chi connectivity index (χ3n) is 2.87. The lowest BCUT2D eigenvalue weighted by molar-refractivity contribution is -0.132. The second-order valence-electron chi connectivity index (χ2n) is 4.44. The molecular formula is C14H17N3OS. The van der Waals surface area contributed by atoms with Crippen LogP contribution in [0, 0.1) is 6.92 Å². The van der Waals surface area contributed by atoms with Crippen LogP contribution in [0.4, 0.5) is 0 Å². The number of carbonyl (C=O) groups is 1. The van der Waals surface area contributed by atoms with Gasteiger partial charge in [-0.3, -0.25) is 4.79 Å². The fourth-order valence-corrected chi connectivity index (χ4v) is 2.45. The molecule has 2 aromatic rings. The van der Waals surface area contributed by atoms with E-state index in [9.17, 15) is 4.79 Å². The SMILES string of the molecule is Cc1nc(CN(C)C(=O)C(N)c2ccccc2)cs1. The fraction of sp³-hybridized carbons (Fsp3) is 0.286. The second kappa shape index (κ2) is 5.95. The lowest BCUT2D eigenvalue weighted by Crippen LogP contribution is -2.35. The maximum absolute atomic E-state index is 12.2. The summed E-state index contributed by atoms with van der Waals surface area (Å²) in [5.41, 5.74) is 7.72. The number of likely N-dealkylation sites (N-methyl/N-ethyl adjacent to an activating group) is 1. The van der Waals surface area contributed by atoms with Gasteiger partial charge in [0.05, 0.1) is 17.2 Å². The van der Waals surface area contributed by atoms with Crippen LogP contribution in [0.3, 0.4) is 0 Å². The van der Waals surface area contributed by atoms with Gasteiger partial charge in [-0.2, -0.15) is 0 Å². The van der Waals surface area contributed by atoms with Crippen molar-refractivity contribution in [1.82, 2.24) is 9.88 Å². The molecule has 19 heavy (non-hydrogen) atoms. The van der Waals surface area contributed by atoms with Crippen LogP contribution in [-0.4, -0.2) is 22.8 Å². The zero-order valence-electron chi connectivity index (χ0n) is 11.0. The summed E-state index contributed by atoms with van der Waals surface area (Å²) < 4.78 is 0. The molecule has 0 saturated heterocycles. The summed E-state index contributed by atoms with van der Waals surface area (Å²) in [6.07, 6.45) is 0. The summed E-state index contributed by atoms with van der Waals surface area (Å²) >= 11 is 1.58. The van der Waals surface area contributed by atoms with Crippen LogP contribution in [0.15, 0.2) is 35.7 Å². The predicted molar refractivity (Wildman–Crippen MR) is 76.7 cm³/mol. The number of aryl methyl sites for hydroxylation is 1. The number of nitrogens with zero attached hydrogens (tertiary/aromatic N) is 2. The Balaban J connectivity index is 2.03. The van der Waals surface area contributed by atoms with Gasteiger partial charge in [0.2, 0.25) is 5.91 Å². The molecule has 0 fully saturated rings. The predicted octanol–water partition coefficient (Wildman–Crippen LogP) is 2.11. The third-order valence-corrected chi connectivity index (χ3v) is 3.69. The Labute approximate surface area is 116 Å². The summed E-state index contributed by atoms with van der Waals surface area (Å²) in [6.45, 7) is 2.44. The molecule has 0 aliphatic rings. The number of rotatable bonds is 4. The highest BCUT2D eigenvalue weighted by Crippen LogP contribution is 2.15. The van der Waals surface area contributed by atoms with Gasteiger partial charge in [0.1, 0.15) is 6.04 Å². The zero-order chi connectivity index (χ0) is 13.8. The van der Waals surface area contributed by atoms with Crippen molar-refractivity contribution < 1.29 is 4.79 Å². The van der Waals surface area contributed by atoms with E-state index in [1.54, 1.807) is 23.3 Å². The number of hydrogen-bond acceptors (Lipinski definition) is 4. The molecule has 0 spiro atoms. The average Bonchev–Trinajstić information content (AvgIpc) is 2.83. The van der Waals surface area contributed by atoms with Crippen molar-refractivity contribution in [2.24, 2.45) is 5.73 Å². The van der Waals surface area contributed by atoms with Crippen molar-refractivity contribution in [3.63, 3.8) is 0 Å². The molecule has 1 heterocycles. The minimum Gasteiger partial charge on any atom is -0.338 e. The Morgan fingerprint density at radius 1 is 1.42 bits per heavy atom. The highest BCUT2D eigenvalue weighted by atomic mass is 32.1. The maximum atomic E-state index is 12.2. The van der Waals surface area contributed by atoms with Gasteiger partial charge in [-0.15, -0.1) is 11.3 Å². The maximum Gasteiger partial charge on any atom is 0.244 e. The smallest absolute Gasteiger partial charge is 0.244 e. The normalized spacial score (nSPS) is 12.2. The van der Waals surface area contributed by atoms with E-state index >= 15 is 0 Å². The summed E-state index contributed by atoms with van der Waals surface area (Å²) in [4.78, 5) is 18.2. The first-order valence-corrected chi connectivity index (χ1v) is 6.92. The van der Waals surface area contributed by atoms with Gasteiger partial charge < -0.3 is 10.6 Å². The summed E-state index contributed by atoms with van der Waals surface area (Å²) in [6, 6.07) is 8.78. The van der Waals surface area contributed by atoms with Crippen LogP contribution in [-0.2, 0) is 11.3 Å². The molecule has 1 amide bonds. The van der Waals surface area contributed by atoms with Gasteiger partial charge in [0, 0.05) is 12.4 Å². The standard InChI is InChI=1S/C14H17N3OS/c1-10-16-12(9-19-10)8-17(2)14(18)13(15)11-6-4-3-5-7-11/h3-7,9,13H,8,15H2,1-2H3. The van der Waals surface area contributed by atoms with Crippen LogP contribution >= 0.6 is 11.3 Å². The van der Waals surface area contributed by atoms with E-state index in [1.807, 2.05) is 42.6 Å². The van der Waals surface area contributed by atoms with Crippen LogP contribution in [0.1, 0.15) is 22.3 Å². The van der Waals surface area contributed by atoms with Gasteiger partial charge in [-0.1, -0.05) is 30.3 Å². The average molecular weight is 275 g/mol. The molecule has 0 aliphatic heterocycles. The van der Waals surface area contributed by atoms with E-state index in [0.29, 0.717) is 6.54 Å². The number of amides is 1. The minimum absolute atomic E-state index is 0.100. The number of thiazole rings is 1. The van der Waals surface area contributed by atoms with Crippen LogP contribution < -0.4 is 5.73 Å². The van der Waals surface area contributed by atoms with E-state index in [0.717, 1.165) is 16.3 Å². The van der Waals surface area contributed by atoms with E-state index < -0.39 is 6.04 Å². The number of carbonyl (C=O) groups excluding carboxylic acids is 1. The molecule has 0 saturated carbocycles. The van der Waals surface area contributed by atoms with Gasteiger partial charge in [0.25, 0.3) is 0 Å². The first kappa shape index (κ1) is 13.7. The van der Waals surface area contributed by atoms with E-state index in [-0.39, 0.29) is 5.91 Å². The van der Waals surface area contributed by atoms with Crippen molar-refractivity contribution in [1.29, 1.82) is 0 Å². The summed E-state index contributed by atoms with van der Waals surface area (Å²) in [7, 11) is 1.75. The minimum atomic E-state index is -0.620. The van der Waals surface area contributed by atoms with Gasteiger partial charge in [-0.05, 0) is 12.5 Å². The van der Waals surface area contributed by atoms with Crippen molar-refractivity contribution >= 4 is 17.2 Å². The number of benzene rings is 1. The molecule has 4 nitrogen and oxygen atoms in total. The largest absolute Gasteiger partial charge is 0.338 e. The van der Waals surface area contributed by atoms with Crippen LogP contribution in [0.25, 0.3) is 0 Å². The molecule has 1 unspecified atom stereocenters. The molecule has 1 aromatic carbocycles. The third kappa shape index (κ3) is 3.39. The highest BCUT2D eigenvalue weighted by Gasteiger charge is 2.20. The number of nitrogens with two attached hydrogens (primary N) is 1. The number of aromatic nitrogens is 1. The Morgan fingerprint density at radius 2 is 2.11 bits per heavy atom. The number of hydrogen-bond donors (Lipinski definition) is 1. The van der Waals surface area contributed by atoms with E-state index in [2.05, 4.69) is 4.98 Å². The Hall–Kier alpha value is -1.72. The first-order chi connectivity index (χ1) is 9.08. The van der Waals surface area contributed by atoms with E-state index in [4.69, 9.17) is 5.73 Å². The highest BCUT2D eigenvalue weighted by molar-refractivity contribution is 7.09. The van der Waals surface area contributed by atoms with Gasteiger partial charge >= 0.3 is 0 Å². The van der Waals surface area contributed by atoms with Crippen molar-refractivity contribution in [3.05, 3.63) is 52.0 Å². The molecule has 0 radical (unpaired) electrons. The molecule has 2 rings (SSSR count). The molecular weight excluding hydrogens is 258 g/mol. The molecule has 0 aliphatic carbocycles. The van der Waals surface area contributed by atoms with Crippen LogP contribution in [0.2, 0.25) is 0 Å². The second-order valence-corrected chi connectivity index (χ2v) is 5.50. The quantitative estimate of drug-likeness (QED) is 0.929. The summed E-state index contributed by atoms with van der Waals surface area (Å²) in [5.74, 6) is -0.100. The van der Waals surface area contributed by atoms with Crippen LogP contribution in [0.5, 0.6) is 0 Å². The lowest BCUT2D eigenvalue weighted by atomic mass is 10.1. The first-order valence-electron chi connectivity index (χ1n) is 6.04. The topological polar surface area (TPSA) is 59.2 Å². The van der Waals surface area contributed by atoms with Gasteiger partial charge in [0.15, 0.2) is 0 Å². The monoisotopic (exact) mass is 275 g/mol. The fourth-order valence-electron chi connectivity index (χ4n) is 1.84. The molecule has 1 atom stereocenters. The molecule has 100 valence electrons. The van der Waals surface area contributed by atoms with Crippen molar-refractivity contribution in [3.8, 4) is 0 Å². The van der Waals surface area contributed by atoms with E-state index in [1.165, 1.54) is 0 Å². The molecule has 5 heteroatoms. The van der Waals surface area contributed by atoms with Crippen molar-refractivity contribution in [2.75, 3.05) is 7.05 Å². The lowest BCUT2D eigenvalue weighted by Gasteiger charge is -2.20. The Bertz CT molecular complexity index is 553. The Morgan fingerprint density at radius 3 is 2.68 bits per heavy atom.